The summed E-state index contributed by atoms with van der Waals surface area (Å²) in [7, 11) is 0. The first kappa shape index (κ1) is 11.5. The minimum Gasteiger partial charge on any atom is -0.303 e. The zero-order valence-corrected chi connectivity index (χ0v) is 10.6. The minimum absolute atomic E-state index is 0.00229. The van der Waals surface area contributed by atoms with Crippen molar-refractivity contribution in [3.63, 3.8) is 0 Å². The van der Waals surface area contributed by atoms with E-state index >= 15 is 0 Å². The number of halogens is 1. The van der Waals surface area contributed by atoms with Crippen LogP contribution in [0.25, 0.3) is 0 Å². The van der Waals surface area contributed by atoms with E-state index in [1.54, 1.807) is 0 Å². The molecule has 0 saturated carbocycles. The van der Waals surface area contributed by atoms with Gasteiger partial charge in [0.2, 0.25) is 0 Å². The van der Waals surface area contributed by atoms with Gasteiger partial charge in [-0.15, -0.1) is 0 Å². The highest BCUT2D eigenvalue weighted by Gasteiger charge is 2.32. The highest BCUT2D eigenvalue weighted by Crippen LogP contribution is 2.45. The monoisotopic (exact) mass is 256 g/mol. The van der Waals surface area contributed by atoms with Crippen LogP contribution in [0.15, 0.2) is 48.5 Å². The van der Waals surface area contributed by atoms with Crippen LogP contribution in [-0.2, 0) is 4.79 Å². The lowest BCUT2D eigenvalue weighted by molar-refractivity contribution is -0.109. The van der Waals surface area contributed by atoms with E-state index in [-0.39, 0.29) is 11.8 Å². The molecule has 0 saturated heterocycles. The SMILES string of the molecule is O=C[C@@H]1CC(c2ccccc2Cl)c2ccccc21. The van der Waals surface area contributed by atoms with Gasteiger partial charge in [0.1, 0.15) is 6.29 Å². The number of benzene rings is 2. The summed E-state index contributed by atoms with van der Waals surface area (Å²) in [5.41, 5.74) is 3.51. The zero-order valence-electron chi connectivity index (χ0n) is 9.84. The summed E-state index contributed by atoms with van der Waals surface area (Å²) >= 11 is 6.27. The quantitative estimate of drug-likeness (QED) is 0.738. The second kappa shape index (κ2) is 4.58. The number of aldehydes is 1. The minimum atomic E-state index is 0.00229. The third kappa shape index (κ3) is 1.75. The largest absolute Gasteiger partial charge is 0.303 e. The first-order chi connectivity index (χ1) is 8.81. The van der Waals surface area contributed by atoms with Crippen LogP contribution in [0, 0.1) is 0 Å². The highest BCUT2D eigenvalue weighted by atomic mass is 35.5. The van der Waals surface area contributed by atoms with Crippen molar-refractivity contribution in [1.29, 1.82) is 0 Å². The maximum atomic E-state index is 11.2. The smallest absolute Gasteiger partial charge is 0.127 e. The van der Waals surface area contributed by atoms with Gasteiger partial charge in [-0.2, -0.15) is 0 Å². The van der Waals surface area contributed by atoms with Crippen LogP contribution in [0.1, 0.15) is 34.9 Å². The topological polar surface area (TPSA) is 17.1 Å². The van der Waals surface area contributed by atoms with E-state index in [1.165, 1.54) is 5.56 Å². The molecule has 0 bridgehead atoms. The Morgan fingerprint density at radius 3 is 2.22 bits per heavy atom. The van der Waals surface area contributed by atoms with Crippen molar-refractivity contribution in [2.24, 2.45) is 0 Å². The summed E-state index contributed by atoms with van der Waals surface area (Å²) in [6, 6.07) is 16.1. The lowest BCUT2D eigenvalue weighted by atomic mass is 9.93. The molecule has 18 heavy (non-hydrogen) atoms. The molecule has 0 fully saturated rings. The van der Waals surface area contributed by atoms with Gasteiger partial charge in [-0.3, -0.25) is 0 Å². The molecule has 2 aromatic carbocycles. The zero-order chi connectivity index (χ0) is 12.5. The van der Waals surface area contributed by atoms with E-state index in [0.29, 0.717) is 0 Å². The van der Waals surface area contributed by atoms with Gasteiger partial charge in [0.05, 0.1) is 0 Å². The van der Waals surface area contributed by atoms with Gasteiger partial charge in [0, 0.05) is 16.9 Å². The van der Waals surface area contributed by atoms with Crippen LogP contribution in [0.5, 0.6) is 0 Å². The van der Waals surface area contributed by atoms with Crippen molar-refractivity contribution in [2.45, 2.75) is 18.3 Å². The fourth-order valence-electron chi connectivity index (χ4n) is 2.85. The Hall–Kier alpha value is -1.60. The Kier molecular flexibility index (Phi) is 2.92. The van der Waals surface area contributed by atoms with Gasteiger partial charge in [0.25, 0.3) is 0 Å². The average molecular weight is 257 g/mol. The molecule has 90 valence electrons. The normalized spacial score (nSPS) is 21.6. The number of fused-ring (bicyclic) bond motifs is 1. The lowest BCUT2D eigenvalue weighted by Crippen LogP contribution is -1.98. The summed E-state index contributed by atoms with van der Waals surface area (Å²) in [5, 5.41) is 0.781. The van der Waals surface area contributed by atoms with E-state index in [9.17, 15) is 4.79 Å². The van der Waals surface area contributed by atoms with Crippen molar-refractivity contribution in [3.05, 3.63) is 70.2 Å². The Morgan fingerprint density at radius 2 is 1.56 bits per heavy atom. The number of carbonyl (C=O) groups excluding carboxylic acids is 1. The molecule has 2 atom stereocenters. The number of carbonyl (C=O) groups is 1. The molecule has 0 spiro atoms. The molecule has 0 aliphatic heterocycles. The van der Waals surface area contributed by atoms with Gasteiger partial charge in [-0.25, -0.2) is 0 Å². The van der Waals surface area contributed by atoms with Crippen molar-refractivity contribution in [1.82, 2.24) is 0 Å². The molecule has 1 aliphatic carbocycles. The second-order valence-electron chi connectivity index (χ2n) is 4.68. The Bertz CT molecular complexity index is 591. The molecule has 3 rings (SSSR count). The summed E-state index contributed by atoms with van der Waals surface area (Å²) in [5.74, 6) is 0.243. The molecule has 0 heterocycles. The van der Waals surface area contributed by atoms with E-state index in [2.05, 4.69) is 12.1 Å². The van der Waals surface area contributed by atoms with Crippen molar-refractivity contribution < 1.29 is 4.79 Å². The third-order valence-electron chi connectivity index (χ3n) is 3.71. The molecule has 2 heteroatoms. The summed E-state index contributed by atoms with van der Waals surface area (Å²) < 4.78 is 0. The Balaban J connectivity index is 2.11. The predicted molar refractivity (Wildman–Crippen MR) is 73.2 cm³/mol. The average Bonchev–Trinajstić information content (AvgIpc) is 2.78. The molecular formula is C16H13ClO. The number of hydrogen-bond donors (Lipinski definition) is 0. The van der Waals surface area contributed by atoms with Crippen LogP contribution in [-0.4, -0.2) is 6.29 Å². The number of rotatable bonds is 2. The Morgan fingerprint density at radius 1 is 0.944 bits per heavy atom. The summed E-state index contributed by atoms with van der Waals surface area (Å²) in [6.45, 7) is 0. The second-order valence-corrected chi connectivity index (χ2v) is 5.09. The van der Waals surface area contributed by atoms with E-state index < -0.39 is 0 Å². The Labute approximate surface area is 111 Å². The maximum absolute atomic E-state index is 11.2. The van der Waals surface area contributed by atoms with Gasteiger partial charge < -0.3 is 4.79 Å². The van der Waals surface area contributed by atoms with Crippen molar-refractivity contribution >= 4 is 17.9 Å². The summed E-state index contributed by atoms with van der Waals surface area (Å²) in [4.78, 5) is 11.2. The van der Waals surface area contributed by atoms with Crippen molar-refractivity contribution in [2.75, 3.05) is 0 Å². The van der Waals surface area contributed by atoms with E-state index in [4.69, 9.17) is 11.6 Å². The molecule has 0 amide bonds. The van der Waals surface area contributed by atoms with Gasteiger partial charge in [0.15, 0.2) is 0 Å². The van der Waals surface area contributed by atoms with Crippen LogP contribution in [0.2, 0.25) is 5.02 Å². The molecule has 0 radical (unpaired) electrons. The maximum Gasteiger partial charge on any atom is 0.127 e. The van der Waals surface area contributed by atoms with Crippen LogP contribution >= 0.6 is 11.6 Å². The molecule has 0 N–H and O–H groups in total. The van der Waals surface area contributed by atoms with Crippen molar-refractivity contribution in [3.8, 4) is 0 Å². The van der Waals surface area contributed by atoms with Gasteiger partial charge in [-0.05, 0) is 29.2 Å². The van der Waals surface area contributed by atoms with Gasteiger partial charge >= 0.3 is 0 Å². The van der Waals surface area contributed by atoms with Gasteiger partial charge in [-0.1, -0.05) is 54.1 Å². The fourth-order valence-corrected chi connectivity index (χ4v) is 3.12. The molecule has 1 unspecified atom stereocenters. The van der Waals surface area contributed by atoms with Crippen LogP contribution in [0.4, 0.5) is 0 Å². The fraction of sp³-hybridized carbons (Fsp3) is 0.188. The molecule has 2 aromatic rings. The number of hydrogen-bond acceptors (Lipinski definition) is 1. The molecular weight excluding hydrogens is 244 g/mol. The highest BCUT2D eigenvalue weighted by molar-refractivity contribution is 6.31. The molecule has 1 nitrogen and oxygen atoms in total. The van der Waals surface area contributed by atoms with E-state index in [1.807, 2.05) is 36.4 Å². The lowest BCUT2D eigenvalue weighted by Gasteiger charge is -2.13. The van der Waals surface area contributed by atoms with Crippen LogP contribution in [0.3, 0.4) is 0 Å². The van der Waals surface area contributed by atoms with Crippen LogP contribution < -0.4 is 0 Å². The predicted octanol–water partition coefficient (Wildman–Crippen LogP) is 4.16. The van der Waals surface area contributed by atoms with E-state index in [0.717, 1.165) is 28.9 Å². The molecule has 1 aliphatic rings. The summed E-state index contributed by atoms with van der Waals surface area (Å²) in [6.07, 6.45) is 1.88. The third-order valence-corrected chi connectivity index (χ3v) is 4.05. The first-order valence-corrected chi connectivity index (χ1v) is 6.47. The molecule has 0 aromatic heterocycles. The standard InChI is InChI=1S/C16H13ClO/c17-16-8-4-3-7-14(16)15-9-11(10-18)12-5-1-2-6-13(12)15/h1-8,10-11,15H,9H2/t11-,15?/m0/s1. The first-order valence-electron chi connectivity index (χ1n) is 6.10.